The predicted molar refractivity (Wildman–Crippen MR) is 60.0 cm³/mol. The van der Waals surface area contributed by atoms with Crippen LogP contribution in [0, 0.1) is 0 Å². The van der Waals surface area contributed by atoms with Crippen molar-refractivity contribution in [1.29, 1.82) is 0 Å². The average molecular weight is 215 g/mol. The van der Waals surface area contributed by atoms with E-state index in [1.54, 1.807) is 6.92 Å². The van der Waals surface area contributed by atoms with Gasteiger partial charge in [0, 0.05) is 32.0 Å². The second kappa shape index (κ2) is 5.51. The van der Waals surface area contributed by atoms with Gasteiger partial charge < -0.3 is 9.64 Å². The quantitative estimate of drug-likeness (QED) is 0.642. The van der Waals surface area contributed by atoms with Crippen LogP contribution in [0.5, 0.6) is 0 Å². The summed E-state index contributed by atoms with van der Waals surface area (Å²) in [6.07, 6.45) is 3.72. The smallest absolute Gasteiger partial charge is 0.219 e. The number of carbonyl (C=O) groups excluding carboxylic acids is 1. The van der Waals surface area contributed by atoms with Gasteiger partial charge in [0.25, 0.3) is 0 Å². The molecule has 14 heavy (non-hydrogen) atoms. The molecule has 1 aliphatic rings. The molecule has 0 radical (unpaired) electrons. The number of carbonyl (C=O) groups is 1. The van der Waals surface area contributed by atoms with Crippen molar-refractivity contribution in [2.75, 3.05) is 13.7 Å². The topological polar surface area (TPSA) is 29.5 Å². The SMILES string of the molecule is CC(=O)N(C)C(C)[SiH2]C1CCCCO1. The van der Waals surface area contributed by atoms with Gasteiger partial charge in [-0.1, -0.05) is 0 Å². The Balaban J connectivity index is 2.31. The zero-order valence-electron chi connectivity index (χ0n) is 9.45. The molecule has 0 aromatic heterocycles. The first kappa shape index (κ1) is 11.7. The molecule has 1 amide bonds. The second-order valence-electron chi connectivity index (χ2n) is 4.20. The number of rotatable bonds is 3. The number of ether oxygens (including phenoxy) is 1. The van der Waals surface area contributed by atoms with Crippen molar-refractivity contribution >= 4 is 15.4 Å². The molecule has 0 aromatic carbocycles. The summed E-state index contributed by atoms with van der Waals surface area (Å²) in [4.78, 5) is 13.0. The van der Waals surface area contributed by atoms with Crippen molar-refractivity contribution in [1.82, 2.24) is 4.90 Å². The number of hydrogen-bond acceptors (Lipinski definition) is 2. The lowest BCUT2D eigenvalue weighted by molar-refractivity contribution is -0.128. The van der Waals surface area contributed by atoms with Gasteiger partial charge in [-0.05, 0) is 26.2 Å². The summed E-state index contributed by atoms with van der Waals surface area (Å²) in [6, 6.07) is 0. The van der Waals surface area contributed by atoms with Crippen molar-refractivity contribution in [3.63, 3.8) is 0 Å². The molecule has 0 spiro atoms. The zero-order valence-corrected chi connectivity index (χ0v) is 10.9. The molecule has 2 atom stereocenters. The molecule has 0 saturated carbocycles. The summed E-state index contributed by atoms with van der Waals surface area (Å²) in [5.74, 6) is 0.167. The van der Waals surface area contributed by atoms with Crippen LogP contribution in [0.2, 0.25) is 0 Å². The van der Waals surface area contributed by atoms with E-state index >= 15 is 0 Å². The Bertz CT molecular complexity index is 193. The third kappa shape index (κ3) is 3.42. The second-order valence-corrected chi connectivity index (χ2v) is 6.77. The molecule has 1 aliphatic heterocycles. The first-order valence-electron chi connectivity index (χ1n) is 5.46. The predicted octanol–water partition coefficient (Wildman–Crippen LogP) is 0.506. The number of amides is 1. The highest BCUT2D eigenvalue weighted by molar-refractivity contribution is 6.39. The highest BCUT2D eigenvalue weighted by atomic mass is 28.2. The highest BCUT2D eigenvalue weighted by Crippen LogP contribution is 2.13. The maximum Gasteiger partial charge on any atom is 0.219 e. The minimum absolute atomic E-state index is 0.167. The van der Waals surface area contributed by atoms with Gasteiger partial charge in [0.15, 0.2) is 0 Å². The molecular weight excluding hydrogens is 194 g/mol. The fourth-order valence-electron chi connectivity index (χ4n) is 1.84. The lowest BCUT2D eigenvalue weighted by Gasteiger charge is -2.29. The molecule has 1 saturated heterocycles. The van der Waals surface area contributed by atoms with Crippen molar-refractivity contribution < 1.29 is 9.53 Å². The molecule has 0 aliphatic carbocycles. The van der Waals surface area contributed by atoms with Gasteiger partial charge in [0.1, 0.15) is 0 Å². The Kier molecular flexibility index (Phi) is 4.61. The summed E-state index contributed by atoms with van der Waals surface area (Å²) < 4.78 is 5.70. The molecule has 4 heteroatoms. The molecule has 1 fully saturated rings. The van der Waals surface area contributed by atoms with Gasteiger partial charge in [-0.15, -0.1) is 0 Å². The highest BCUT2D eigenvalue weighted by Gasteiger charge is 2.20. The van der Waals surface area contributed by atoms with E-state index in [9.17, 15) is 4.79 Å². The molecule has 3 nitrogen and oxygen atoms in total. The van der Waals surface area contributed by atoms with Crippen LogP contribution in [0.15, 0.2) is 0 Å². The molecule has 1 rings (SSSR count). The van der Waals surface area contributed by atoms with Crippen molar-refractivity contribution in [3.8, 4) is 0 Å². The monoisotopic (exact) mass is 215 g/mol. The molecular formula is C10H21NO2Si. The van der Waals surface area contributed by atoms with Crippen LogP contribution in [0.1, 0.15) is 33.1 Å². The molecule has 0 bridgehead atoms. The third-order valence-electron chi connectivity index (χ3n) is 3.04. The molecule has 0 aromatic rings. The summed E-state index contributed by atoms with van der Waals surface area (Å²) in [5, 5.41) is 0. The minimum Gasteiger partial charge on any atom is -0.382 e. The standard InChI is InChI=1S/C10H21NO2Si/c1-8(12)11(3)9(2)14-10-6-4-5-7-13-10/h9-10H,4-7,14H2,1-3H3. The molecule has 2 unspecified atom stereocenters. The van der Waals surface area contributed by atoms with E-state index in [1.807, 2.05) is 11.9 Å². The van der Waals surface area contributed by atoms with Gasteiger partial charge in [-0.3, -0.25) is 4.79 Å². The Hall–Kier alpha value is -0.353. The van der Waals surface area contributed by atoms with E-state index in [4.69, 9.17) is 4.74 Å². The normalized spacial score (nSPS) is 25.2. The molecule has 82 valence electrons. The van der Waals surface area contributed by atoms with Crippen LogP contribution in [-0.2, 0) is 9.53 Å². The summed E-state index contributed by atoms with van der Waals surface area (Å²) in [5.41, 5.74) is 0.927. The maximum atomic E-state index is 11.1. The van der Waals surface area contributed by atoms with Gasteiger partial charge in [-0.25, -0.2) is 0 Å². The summed E-state index contributed by atoms with van der Waals surface area (Å²) in [6.45, 7) is 4.70. The maximum absolute atomic E-state index is 11.1. The number of nitrogens with zero attached hydrogens (tertiary/aromatic N) is 1. The Morgan fingerprint density at radius 3 is 2.79 bits per heavy atom. The minimum atomic E-state index is -0.317. The summed E-state index contributed by atoms with van der Waals surface area (Å²) >= 11 is 0. The fourth-order valence-corrected chi connectivity index (χ4v) is 4.00. The van der Waals surface area contributed by atoms with Crippen LogP contribution in [0.3, 0.4) is 0 Å². The first-order chi connectivity index (χ1) is 6.61. The fraction of sp³-hybridized carbons (Fsp3) is 0.900. The van der Waals surface area contributed by atoms with Gasteiger partial charge in [0.2, 0.25) is 5.91 Å². The molecule has 1 heterocycles. The zero-order chi connectivity index (χ0) is 10.6. The van der Waals surface area contributed by atoms with E-state index < -0.39 is 0 Å². The van der Waals surface area contributed by atoms with Gasteiger partial charge in [0.05, 0.1) is 9.52 Å². The lowest BCUT2D eigenvalue weighted by Crippen LogP contribution is -2.43. The van der Waals surface area contributed by atoms with E-state index in [1.165, 1.54) is 19.3 Å². The van der Waals surface area contributed by atoms with Crippen LogP contribution in [0.25, 0.3) is 0 Å². The first-order valence-corrected chi connectivity index (χ1v) is 7.09. The Morgan fingerprint density at radius 2 is 2.29 bits per heavy atom. The van der Waals surface area contributed by atoms with Gasteiger partial charge >= 0.3 is 0 Å². The van der Waals surface area contributed by atoms with E-state index in [-0.39, 0.29) is 15.4 Å². The lowest BCUT2D eigenvalue weighted by atomic mass is 10.2. The van der Waals surface area contributed by atoms with E-state index in [2.05, 4.69) is 6.92 Å². The van der Waals surface area contributed by atoms with Crippen LogP contribution < -0.4 is 0 Å². The van der Waals surface area contributed by atoms with Gasteiger partial charge in [-0.2, -0.15) is 0 Å². The number of hydrogen-bond donors (Lipinski definition) is 0. The van der Waals surface area contributed by atoms with Crippen molar-refractivity contribution in [2.24, 2.45) is 0 Å². The summed E-state index contributed by atoms with van der Waals surface area (Å²) in [7, 11) is 1.57. The van der Waals surface area contributed by atoms with Crippen molar-refractivity contribution in [3.05, 3.63) is 0 Å². The van der Waals surface area contributed by atoms with Crippen LogP contribution >= 0.6 is 0 Å². The molecule has 0 N–H and O–H groups in total. The van der Waals surface area contributed by atoms with E-state index in [0.29, 0.717) is 11.4 Å². The van der Waals surface area contributed by atoms with E-state index in [0.717, 1.165) is 6.61 Å². The third-order valence-corrected chi connectivity index (χ3v) is 5.44. The van der Waals surface area contributed by atoms with Crippen LogP contribution in [0.4, 0.5) is 0 Å². The van der Waals surface area contributed by atoms with Crippen LogP contribution in [-0.4, -0.2) is 45.4 Å². The Labute approximate surface area is 88.6 Å². The Morgan fingerprint density at radius 1 is 1.57 bits per heavy atom. The largest absolute Gasteiger partial charge is 0.382 e. The average Bonchev–Trinajstić information content (AvgIpc) is 2.18. The van der Waals surface area contributed by atoms with Crippen molar-refractivity contribution in [2.45, 2.75) is 44.5 Å².